The summed E-state index contributed by atoms with van der Waals surface area (Å²) in [6.07, 6.45) is -1.34. The van der Waals surface area contributed by atoms with Crippen LogP contribution in [0.1, 0.15) is 6.92 Å². The zero-order valence-corrected chi connectivity index (χ0v) is 10.7. The molecule has 0 aromatic rings. The molecule has 0 aliphatic rings. The van der Waals surface area contributed by atoms with Gasteiger partial charge in [-0.25, -0.2) is 0 Å². The molecule has 1 unspecified atom stereocenters. The topological polar surface area (TPSA) is 60.4 Å². The van der Waals surface area contributed by atoms with Gasteiger partial charge in [-0.3, -0.25) is 0 Å². The van der Waals surface area contributed by atoms with E-state index in [9.17, 15) is 9.90 Å². The molecule has 0 aromatic heterocycles. The van der Waals surface area contributed by atoms with Crippen LogP contribution in [0.4, 0.5) is 0 Å². The van der Waals surface area contributed by atoms with Gasteiger partial charge in [0.15, 0.2) is 0 Å². The van der Waals surface area contributed by atoms with Crippen molar-refractivity contribution in [2.75, 3.05) is 0 Å². The Morgan fingerprint density at radius 2 is 1.75 bits per heavy atom. The number of hydrogen-bond donors (Lipinski definition) is 1. The fraction of sp³-hybridized carbons (Fsp3) is 0.667. The van der Waals surface area contributed by atoms with E-state index in [-0.39, 0.29) is 39.0 Å². The Bertz CT molecular complexity index is 63.5. The number of carbonyl (C=O) groups is 1. The van der Waals surface area contributed by atoms with Gasteiger partial charge in [0.1, 0.15) is 0 Å². The molecule has 8 heavy (non-hydrogen) atoms. The van der Waals surface area contributed by atoms with Gasteiger partial charge in [-0.1, -0.05) is 0 Å². The van der Waals surface area contributed by atoms with Crippen molar-refractivity contribution in [1.29, 1.82) is 0 Å². The quantitative estimate of drug-likeness (QED) is 0.525. The Kier molecular flexibility index (Phi) is 15.2. The van der Waals surface area contributed by atoms with E-state index in [1.165, 1.54) is 0 Å². The van der Waals surface area contributed by atoms with E-state index < -0.39 is 12.1 Å². The standard InChI is InChI=1S/C3H6O3.2Zn/c1-2(4)3(5)6;;/h2,4H,1H3,(H,5,6);;/q;2*+2/p-1. The van der Waals surface area contributed by atoms with Crippen molar-refractivity contribution in [2.24, 2.45) is 0 Å². The van der Waals surface area contributed by atoms with Gasteiger partial charge in [0.05, 0.1) is 12.1 Å². The van der Waals surface area contributed by atoms with Crippen LogP contribution in [0.25, 0.3) is 0 Å². The third kappa shape index (κ3) is 9.84. The van der Waals surface area contributed by atoms with E-state index >= 15 is 0 Å². The van der Waals surface area contributed by atoms with E-state index in [1.807, 2.05) is 0 Å². The Morgan fingerprint density at radius 1 is 1.62 bits per heavy atom. The smallest absolute Gasteiger partial charge is 0.547 e. The molecule has 1 N–H and O–H groups in total. The van der Waals surface area contributed by atoms with Crippen LogP contribution in [-0.2, 0) is 43.8 Å². The summed E-state index contributed by atoms with van der Waals surface area (Å²) in [7, 11) is 0. The first kappa shape index (κ1) is 15.9. The molecule has 0 aromatic carbocycles. The average molecular weight is 220 g/mol. The first-order valence-electron chi connectivity index (χ1n) is 1.53. The van der Waals surface area contributed by atoms with E-state index in [4.69, 9.17) is 5.11 Å². The van der Waals surface area contributed by atoms with Crippen molar-refractivity contribution < 1.29 is 54.0 Å². The molecular weight excluding hydrogens is 215 g/mol. The second kappa shape index (κ2) is 7.68. The first-order valence-corrected chi connectivity index (χ1v) is 1.53. The van der Waals surface area contributed by atoms with Crippen LogP contribution in [-0.4, -0.2) is 17.2 Å². The number of aliphatic hydroxyl groups is 1. The molecule has 0 saturated carbocycles. The van der Waals surface area contributed by atoms with Gasteiger partial charge in [0.25, 0.3) is 0 Å². The van der Waals surface area contributed by atoms with Gasteiger partial charge in [0.2, 0.25) is 0 Å². The molecule has 0 aliphatic heterocycles. The summed E-state index contributed by atoms with van der Waals surface area (Å²) in [5.41, 5.74) is 0. The molecule has 0 aliphatic carbocycles. The molecule has 0 rings (SSSR count). The minimum absolute atomic E-state index is 0. The maximum atomic E-state index is 9.34. The molecule has 1 atom stereocenters. The summed E-state index contributed by atoms with van der Waals surface area (Å²) in [4.78, 5) is 9.34. The van der Waals surface area contributed by atoms with Gasteiger partial charge in [0, 0.05) is 0 Å². The van der Waals surface area contributed by atoms with E-state index in [0.29, 0.717) is 0 Å². The maximum absolute atomic E-state index is 9.34. The van der Waals surface area contributed by atoms with Crippen LogP contribution < -0.4 is 5.11 Å². The fourth-order valence-corrected chi connectivity index (χ4v) is 0. The van der Waals surface area contributed by atoms with Crippen LogP contribution >= 0.6 is 0 Å². The van der Waals surface area contributed by atoms with Crippen molar-refractivity contribution in [3.63, 3.8) is 0 Å². The molecule has 36 valence electrons. The van der Waals surface area contributed by atoms with Crippen LogP contribution in [0.15, 0.2) is 0 Å². The summed E-state index contributed by atoms with van der Waals surface area (Å²) in [6.45, 7) is 1.13. The number of carbonyl (C=O) groups excluding carboxylic acids is 1. The third-order valence-corrected chi connectivity index (χ3v) is 0.341. The van der Waals surface area contributed by atoms with E-state index in [1.54, 1.807) is 0 Å². The molecule has 0 spiro atoms. The molecule has 5 heteroatoms. The van der Waals surface area contributed by atoms with Crippen molar-refractivity contribution in [3.05, 3.63) is 0 Å². The van der Waals surface area contributed by atoms with Crippen LogP contribution in [0.2, 0.25) is 0 Å². The maximum Gasteiger partial charge on any atom is 2.00 e. The zero-order chi connectivity index (χ0) is 5.15. The van der Waals surface area contributed by atoms with Crippen molar-refractivity contribution >= 4 is 5.97 Å². The molecule has 0 heterocycles. The summed E-state index contributed by atoms with van der Waals surface area (Å²) in [6, 6.07) is 0. The molecule has 3 nitrogen and oxygen atoms in total. The minimum atomic E-state index is -1.44. The fourth-order valence-electron chi connectivity index (χ4n) is 0. The van der Waals surface area contributed by atoms with E-state index in [2.05, 4.69) is 0 Å². The van der Waals surface area contributed by atoms with Crippen molar-refractivity contribution in [1.82, 2.24) is 0 Å². The Balaban J connectivity index is -0.000000125. The molecule has 0 bridgehead atoms. The van der Waals surface area contributed by atoms with Crippen molar-refractivity contribution in [3.8, 4) is 0 Å². The minimum Gasteiger partial charge on any atom is -0.547 e. The Hall–Kier alpha value is 0.677. The number of aliphatic carboxylic acids is 1. The number of rotatable bonds is 1. The van der Waals surface area contributed by atoms with Crippen LogP contribution in [0.3, 0.4) is 0 Å². The van der Waals surface area contributed by atoms with Crippen LogP contribution in [0.5, 0.6) is 0 Å². The number of carboxylic acid groups (broad SMARTS) is 1. The second-order valence-electron chi connectivity index (χ2n) is 0.995. The number of carboxylic acids is 1. The number of aliphatic hydroxyl groups excluding tert-OH is 1. The number of hydrogen-bond acceptors (Lipinski definition) is 3. The summed E-state index contributed by atoms with van der Waals surface area (Å²) in [5.74, 6) is -1.44. The molecule has 0 amide bonds. The molecule has 0 fully saturated rings. The normalized spacial score (nSPS) is 10.2. The summed E-state index contributed by atoms with van der Waals surface area (Å²) in [5, 5.41) is 17.3. The van der Waals surface area contributed by atoms with Crippen LogP contribution in [0, 0.1) is 0 Å². The van der Waals surface area contributed by atoms with E-state index in [0.717, 1.165) is 6.92 Å². The third-order valence-electron chi connectivity index (χ3n) is 0.341. The predicted octanol–water partition coefficient (Wildman–Crippen LogP) is -1.89. The largest absolute Gasteiger partial charge is 2.00 e. The average Bonchev–Trinajstić information content (AvgIpc) is 1.36. The molecular formula is C3H5O3Zn2+3. The zero-order valence-electron chi connectivity index (χ0n) is 4.76. The monoisotopic (exact) mass is 217 g/mol. The predicted molar refractivity (Wildman–Crippen MR) is 16.7 cm³/mol. The molecule has 0 radical (unpaired) electrons. The van der Waals surface area contributed by atoms with Gasteiger partial charge in [-0.05, 0) is 6.92 Å². The summed E-state index contributed by atoms with van der Waals surface area (Å²) < 4.78 is 0. The van der Waals surface area contributed by atoms with Gasteiger partial charge in [-0.2, -0.15) is 0 Å². The van der Waals surface area contributed by atoms with Crippen molar-refractivity contribution in [2.45, 2.75) is 13.0 Å². The summed E-state index contributed by atoms with van der Waals surface area (Å²) >= 11 is 0. The molecule has 0 saturated heterocycles. The Morgan fingerprint density at radius 3 is 1.75 bits per heavy atom. The van der Waals surface area contributed by atoms with Gasteiger partial charge in [-0.15, -0.1) is 0 Å². The van der Waals surface area contributed by atoms with Gasteiger partial charge < -0.3 is 15.0 Å². The SMILES string of the molecule is CC(O)C(=O)[O-].[Zn+2].[Zn+2]. The van der Waals surface area contributed by atoms with Gasteiger partial charge >= 0.3 is 39.0 Å². The second-order valence-corrected chi connectivity index (χ2v) is 0.995. The first-order chi connectivity index (χ1) is 2.64. The Labute approximate surface area is 73.0 Å².